The molecule has 1 saturated carbocycles. The molecular weight excluding hydrogens is 517 g/mol. The Morgan fingerprint density at radius 1 is 0.756 bits per heavy atom. The predicted octanol–water partition coefficient (Wildman–Crippen LogP) is 5.56. The van der Waals surface area contributed by atoms with Crippen molar-refractivity contribution < 1.29 is 14.0 Å². The van der Waals surface area contributed by atoms with E-state index in [9.17, 15) is 18.8 Å². The fourth-order valence-electron chi connectivity index (χ4n) is 7.01. The van der Waals surface area contributed by atoms with Gasteiger partial charge in [-0.15, -0.1) is 0 Å². The minimum atomic E-state index is -0.360. The van der Waals surface area contributed by atoms with E-state index in [2.05, 4.69) is 17.1 Å². The summed E-state index contributed by atoms with van der Waals surface area (Å²) in [6.45, 7) is 3.66. The summed E-state index contributed by atoms with van der Waals surface area (Å²) in [4.78, 5) is 44.6. The quantitative estimate of drug-likeness (QED) is 0.243. The lowest BCUT2D eigenvalue weighted by Gasteiger charge is -2.18. The molecule has 6 nitrogen and oxygen atoms in total. The first kappa shape index (κ1) is 25.3. The number of benzene rings is 3. The molecule has 3 aromatic carbocycles. The molecule has 7 rings (SSSR count). The van der Waals surface area contributed by atoms with Crippen molar-refractivity contribution in [1.29, 1.82) is 0 Å². The van der Waals surface area contributed by atoms with Crippen molar-refractivity contribution in [3.63, 3.8) is 0 Å². The molecule has 4 aromatic rings. The van der Waals surface area contributed by atoms with Gasteiger partial charge in [-0.05, 0) is 91.6 Å². The van der Waals surface area contributed by atoms with Gasteiger partial charge in [-0.2, -0.15) is 4.98 Å². The second-order valence-electron chi connectivity index (χ2n) is 11.3. The summed E-state index contributed by atoms with van der Waals surface area (Å²) >= 11 is 0. The topological polar surface area (TPSA) is 72.3 Å². The van der Waals surface area contributed by atoms with E-state index in [0.29, 0.717) is 29.1 Å². The van der Waals surface area contributed by atoms with Crippen LogP contribution in [-0.2, 0) is 16.0 Å². The number of amides is 2. The van der Waals surface area contributed by atoms with E-state index >= 15 is 0 Å². The zero-order valence-electron chi connectivity index (χ0n) is 22.8. The second kappa shape index (κ2) is 9.47. The Morgan fingerprint density at radius 2 is 1.29 bits per heavy atom. The lowest BCUT2D eigenvalue weighted by atomic mass is 9.85. The highest BCUT2D eigenvalue weighted by Gasteiger charge is 2.59. The van der Waals surface area contributed by atoms with Gasteiger partial charge in [0.25, 0.3) is 5.56 Å². The van der Waals surface area contributed by atoms with Crippen LogP contribution in [0.15, 0.2) is 89.7 Å². The zero-order chi connectivity index (χ0) is 28.4. The van der Waals surface area contributed by atoms with Crippen molar-refractivity contribution in [3.05, 3.63) is 124 Å². The molecule has 4 unspecified atom stereocenters. The third-order valence-corrected chi connectivity index (χ3v) is 8.90. The van der Waals surface area contributed by atoms with E-state index in [1.165, 1.54) is 17.0 Å². The standard InChI is InChI=1S/C34H28FN3O3/c1-19-29(23-9-11-26(35)12-10-23)32(39)36-20(2)37(19)27-13-3-21(4-14-27)17-22-5-15-28(16-6-22)38-33(40)30-24-7-8-25(18-24)31(30)34(38)41/h3-16,24-25,30-31H,17-18H2,1-2H3. The maximum Gasteiger partial charge on any atom is 0.281 e. The molecule has 2 aliphatic carbocycles. The fourth-order valence-corrected chi connectivity index (χ4v) is 7.01. The van der Waals surface area contributed by atoms with Crippen LogP contribution in [0, 0.1) is 43.3 Å². The van der Waals surface area contributed by atoms with Gasteiger partial charge in [-0.1, -0.05) is 48.6 Å². The van der Waals surface area contributed by atoms with E-state index in [1.807, 2.05) is 60.0 Å². The molecule has 204 valence electrons. The van der Waals surface area contributed by atoms with Crippen LogP contribution in [0.2, 0.25) is 0 Å². The van der Waals surface area contributed by atoms with Crippen molar-refractivity contribution in [3.8, 4) is 16.8 Å². The summed E-state index contributed by atoms with van der Waals surface area (Å²) in [5.41, 5.74) is 5.14. The van der Waals surface area contributed by atoms with Gasteiger partial charge < -0.3 is 4.57 Å². The number of rotatable bonds is 5. The van der Waals surface area contributed by atoms with Gasteiger partial charge in [0.05, 0.1) is 23.1 Å². The molecule has 2 bridgehead atoms. The van der Waals surface area contributed by atoms with Crippen LogP contribution in [0.4, 0.5) is 10.1 Å². The normalized spacial score (nSPS) is 22.6. The number of nitrogens with zero attached hydrogens (tertiary/aromatic N) is 3. The van der Waals surface area contributed by atoms with Crippen LogP contribution >= 0.6 is 0 Å². The minimum Gasteiger partial charge on any atom is -0.302 e. The lowest BCUT2D eigenvalue weighted by Crippen LogP contribution is -2.32. The molecule has 1 aliphatic heterocycles. The molecule has 2 heterocycles. The number of carbonyl (C=O) groups excluding carboxylic acids is 2. The van der Waals surface area contributed by atoms with Crippen LogP contribution in [0.25, 0.3) is 16.8 Å². The van der Waals surface area contributed by atoms with E-state index in [4.69, 9.17) is 0 Å². The molecule has 0 spiro atoms. The van der Waals surface area contributed by atoms with E-state index in [0.717, 1.165) is 28.9 Å². The highest BCUT2D eigenvalue weighted by atomic mass is 19.1. The SMILES string of the molecule is Cc1nc(=O)c(-c2ccc(F)cc2)c(C)n1-c1ccc(Cc2ccc(N3C(=O)C4C5C=CC(C5)C4C3=O)cc2)cc1. The molecule has 1 saturated heterocycles. The number of fused-ring (bicyclic) bond motifs is 5. The second-order valence-corrected chi connectivity index (χ2v) is 11.3. The molecule has 4 atom stereocenters. The van der Waals surface area contributed by atoms with Crippen molar-refractivity contribution in [2.75, 3.05) is 4.90 Å². The molecule has 2 amide bonds. The first-order valence-electron chi connectivity index (χ1n) is 13.9. The van der Waals surface area contributed by atoms with Gasteiger partial charge in [0.2, 0.25) is 11.8 Å². The summed E-state index contributed by atoms with van der Waals surface area (Å²) in [7, 11) is 0. The fraction of sp³-hybridized carbons (Fsp3) is 0.235. The number of allylic oxidation sites excluding steroid dienone is 2. The molecule has 41 heavy (non-hydrogen) atoms. The highest BCUT2D eigenvalue weighted by Crippen LogP contribution is 2.53. The lowest BCUT2D eigenvalue weighted by molar-refractivity contribution is -0.123. The first-order chi connectivity index (χ1) is 19.8. The molecule has 3 aliphatic rings. The van der Waals surface area contributed by atoms with Crippen LogP contribution in [-0.4, -0.2) is 21.4 Å². The van der Waals surface area contributed by atoms with Crippen LogP contribution < -0.4 is 10.5 Å². The smallest absolute Gasteiger partial charge is 0.281 e. The zero-order valence-corrected chi connectivity index (χ0v) is 22.8. The molecular formula is C34H28FN3O3. The van der Waals surface area contributed by atoms with Gasteiger partial charge in [-0.25, -0.2) is 4.39 Å². The van der Waals surface area contributed by atoms with E-state index < -0.39 is 0 Å². The predicted molar refractivity (Wildman–Crippen MR) is 154 cm³/mol. The van der Waals surface area contributed by atoms with Crippen LogP contribution in [0.5, 0.6) is 0 Å². The van der Waals surface area contributed by atoms with E-state index in [1.54, 1.807) is 19.1 Å². The largest absolute Gasteiger partial charge is 0.302 e. The Hall–Kier alpha value is -4.65. The monoisotopic (exact) mass is 545 g/mol. The summed E-state index contributed by atoms with van der Waals surface area (Å²) in [6, 6.07) is 21.6. The number of hydrogen-bond donors (Lipinski definition) is 0. The van der Waals surface area contributed by atoms with Crippen LogP contribution in [0.3, 0.4) is 0 Å². The van der Waals surface area contributed by atoms with Crippen molar-refractivity contribution in [1.82, 2.24) is 9.55 Å². The molecule has 0 N–H and O–H groups in total. The third kappa shape index (κ3) is 4.06. The van der Waals surface area contributed by atoms with Gasteiger partial charge >= 0.3 is 0 Å². The Morgan fingerprint density at radius 3 is 1.85 bits per heavy atom. The van der Waals surface area contributed by atoms with E-state index in [-0.39, 0.29) is 46.9 Å². The first-order valence-corrected chi connectivity index (χ1v) is 13.9. The number of imide groups is 1. The Balaban J connectivity index is 1.10. The summed E-state index contributed by atoms with van der Waals surface area (Å²) in [6.07, 6.45) is 5.82. The summed E-state index contributed by atoms with van der Waals surface area (Å²) < 4.78 is 15.4. The molecule has 1 aromatic heterocycles. The van der Waals surface area contributed by atoms with Gasteiger partial charge in [-0.3, -0.25) is 19.3 Å². The number of aryl methyl sites for hydroxylation is 1. The highest BCUT2D eigenvalue weighted by molar-refractivity contribution is 6.22. The molecule has 0 radical (unpaired) electrons. The van der Waals surface area contributed by atoms with Gasteiger partial charge in [0, 0.05) is 11.4 Å². The van der Waals surface area contributed by atoms with Gasteiger partial charge in [0.1, 0.15) is 11.6 Å². The van der Waals surface area contributed by atoms with Gasteiger partial charge in [0.15, 0.2) is 0 Å². The Kier molecular flexibility index (Phi) is 5.85. The van der Waals surface area contributed by atoms with Crippen molar-refractivity contribution >= 4 is 17.5 Å². The summed E-state index contributed by atoms with van der Waals surface area (Å²) in [5, 5.41) is 0. The molecule has 2 fully saturated rings. The van der Waals surface area contributed by atoms with Crippen molar-refractivity contribution in [2.24, 2.45) is 23.7 Å². The Bertz CT molecular complexity index is 1760. The Labute approximate surface area is 236 Å². The number of halogens is 1. The van der Waals surface area contributed by atoms with Crippen molar-refractivity contribution in [2.45, 2.75) is 26.7 Å². The maximum atomic E-state index is 13.5. The number of anilines is 1. The number of hydrogen-bond acceptors (Lipinski definition) is 4. The minimum absolute atomic E-state index is 0.0645. The van der Waals surface area contributed by atoms with Crippen LogP contribution in [0.1, 0.15) is 29.1 Å². The average Bonchev–Trinajstić information content (AvgIpc) is 3.64. The third-order valence-electron chi connectivity index (χ3n) is 8.90. The molecule has 7 heteroatoms. The maximum absolute atomic E-state index is 13.5. The number of carbonyl (C=O) groups is 2. The number of aromatic nitrogens is 2. The average molecular weight is 546 g/mol. The summed E-state index contributed by atoms with van der Waals surface area (Å²) in [5.74, 6) is 0.0733.